The van der Waals surface area contributed by atoms with Crippen LogP contribution >= 0.6 is 27.5 Å². The quantitative estimate of drug-likeness (QED) is 0.742. The van der Waals surface area contributed by atoms with Crippen LogP contribution in [0.1, 0.15) is 22.0 Å². The summed E-state index contributed by atoms with van der Waals surface area (Å²) in [4.78, 5) is 10.6. The summed E-state index contributed by atoms with van der Waals surface area (Å²) in [5, 5.41) is 28.1. The van der Waals surface area contributed by atoms with Crippen LogP contribution in [0.4, 0.5) is 0 Å². The van der Waals surface area contributed by atoms with E-state index in [-0.39, 0.29) is 15.9 Å². The summed E-state index contributed by atoms with van der Waals surface area (Å²) in [5.74, 6) is -1.09. The normalized spacial score (nSPS) is 14.5. The summed E-state index contributed by atoms with van der Waals surface area (Å²) in [5.41, 5.74) is 0.341. The van der Waals surface area contributed by atoms with Crippen molar-refractivity contribution in [2.24, 2.45) is 0 Å². The second-order valence-electron chi connectivity index (χ2n) is 3.21. The molecule has 4 nitrogen and oxygen atoms in total. The fourth-order valence-corrected chi connectivity index (χ4v) is 1.84. The van der Waals surface area contributed by atoms with Crippen LogP contribution in [0.25, 0.3) is 0 Å². The number of aliphatic hydroxyl groups is 2. The predicted octanol–water partition coefficient (Wildman–Crippen LogP) is 1.83. The molecule has 2 atom stereocenters. The number of hydrogen-bond donors (Lipinski definition) is 3. The molecule has 0 radical (unpaired) electrons. The molecule has 6 heteroatoms. The lowest BCUT2D eigenvalue weighted by atomic mass is 10.0. The number of hydrogen-bond acceptors (Lipinski definition) is 3. The highest BCUT2D eigenvalue weighted by molar-refractivity contribution is 9.09. The van der Waals surface area contributed by atoms with Crippen molar-refractivity contribution < 1.29 is 20.1 Å². The van der Waals surface area contributed by atoms with Gasteiger partial charge in [-0.15, -0.1) is 0 Å². The molecular weight excluding hydrogens is 299 g/mol. The Balaban J connectivity index is 3.03. The zero-order valence-corrected chi connectivity index (χ0v) is 10.4. The number of halogens is 2. The van der Waals surface area contributed by atoms with Gasteiger partial charge in [-0.05, 0) is 12.1 Å². The minimum atomic E-state index is -1.14. The number of rotatable bonds is 4. The fourth-order valence-electron chi connectivity index (χ4n) is 1.19. The van der Waals surface area contributed by atoms with Crippen molar-refractivity contribution >= 4 is 33.5 Å². The van der Waals surface area contributed by atoms with Gasteiger partial charge in [-0.25, -0.2) is 4.79 Å². The first-order valence-electron chi connectivity index (χ1n) is 4.42. The Labute approximate surface area is 106 Å². The van der Waals surface area contributed by atoms with E-state index in [1.165, 1.54) is 18.2 Å². The van der Waals surface area contributed by atoms with Crippen LogP contribution in [0.2, 0.25) is 5.02 Å². The maximum absolute atomic E-state index is 10.6. The molecule has 1 rings (SSSR count). The summed E-state index contributed by atoms with van der Waals surface area (Å²) in [7, 11) is 0. The summed E-state index contributed by atoms with van der Waals surface area (Å²) in [6.45, 7) is 0. The van der Waals surface area contributed by atoms with Gasteiger partial charge in [0.2, 0.25) is 0 Å². The number of alkyl halides is 1. The van der Waals surface area contributed by atoms with E-state index >= 15 is 0 Å². The van der Waals surface area contributed by atoms with Gasteiger partial charge < -0.3 is 15.3 Å². The minimum absolute atomic E-state index is 0.0364. The van der Waals surface area contributed by atoms with Gasteiger partial charge in [0, 0.05) is 15.9 Å². The Kier molecular flexibility index (Phi) is 4.73. The lowest BCUT2D eigenvalue weighted by molar-refractivity contribution is 0.0343. The van der Waals surface area contributed by atoms with Gasteiger partial charge in [0.05, 0.1) is 11.7 Å². The van der Waals surface area contributed by atoms with Crippen molar-refractivity contribution in [2.75, 3.05) is 5.33 Å². The number of carboxylic acid groups (broad SMARTS) is 1. The zero-order valence-electron chi connectivity index (χ0n) is 8.10. The third kappa shape index (κ3) is 2.95. The molecule has 0 saturated carbocycles. The molecule has 0 bridgehead atoms. The first-order chi connectivity index (χ1) is 7.47. The summed E-state index contributed by atoms with van der Waals surface area (Å²) >= 11 is 8.85. The van der Waals surface area contributed by atoms with E-state index in [1.54, 1.807) is 0 Å². The summed E-state index contributed by atoms with van der Waals surface area (Å²) < 4.78 is 0. The van der Waals surface area contributed by atoms with Crippen LogP contribution in [0, 0.1) is 0 Å². The average molecular weight is 310 g/mol. The Morgan fingerprint density at radius 1 is 1.44 bits per heavy atom. The van der Waals surface area contributed by atoms with E-state index in [9.17, 15) is 15.0 Å². The Hall–Kier alpha value is -0.620. The first-order valence-corrected chi connectivity index (χ1v) is 5.92. The van der Waals surface area contributed by atoms with Crippen molar-refractivity contribution in [1.82, 2.24) is 0 Å². The van der Waals surface area contributed by atoms with Crippen LogP contribution in [0.3, 0.4) is 0 Å². The van der Waals surface area contributed by atoms with E-state index in [1.807, 2.05) is 0 Å². The van der Waals surface area contributed by atoms with Crippen LogP contribution in [0.15, 0.2) is 18.2 Å². The second-order valence-corrected chi connectivity index (χ2v) is 4.26. The third-order valence-corrected chi connectivity index (χ3v) is 3.08. The number of carboxylic acids is 1. The maximum atomic E-state index is 10.6. The van der Waals surface area contributed by atoms with E-state index in [4.69, 9.17) is 16.7 Å². The molecule has 0 aliphatic heterocycles. The number of carbonyl (C=O) groups is 1. The molecule has 3 N–H and O–H groups in total. The van der Waals surface area contributed by atoms with Crippen LogP contribution in [-0.4, -0.2) is 32.7 Å². The molecule has 0 spiro atoms. The van der Waals surface area contributed by atoms with Gasteiger partial charge in [0.1, 0.15) is 6.10 Å². The highest BCUT2D eigenvalue weighted by Crippen LogP contribution is 2.27. The molecule has 0 amide bonds. The van der Waals surface area contributed by atoms with Crippen molar-refractivity contribution in [3.8, 4) is 0 Å². The van der Waals surface area contributed by atoms with Gasteiger partial charge in [0.15, 0.2) is 0 Å². The zero-order chi connectivity index (χ0) is 12.3. The van der Waals surface area contributed by atoms with E-state index < -0.39 is 18.2 Å². The summed E-state index contributed by atoms with van der Waals surface area (Å²) in [6, 6.07) is 3.96. The molecule has 1 aromatic rings. The van der Waals surface area contributed by atoms with Crippen molar-refractivity contribution in [2.45, 2.75) is 12.2 Å². The fraction of sp³-hybridized carbons (Fsp3) is 0.300. The van der Waals surface area contributed by atoms with Gasteiger partial charge in [-0.3, -0.25) is 0 Å². The monoisotopic (exact) mass is 308 g/mol. The second kappa shape index (κ2) is 5.63. The van der Waals surface area contributed by atoms with Crippen LogP contribution < -0.4 is 0 Å². The highest BCUT2D eigenvalue weighted by atomic mass is 79.9. The molecule has 0 heterocycles. The van der Waals surface area contributed by atoms with Gasteiger partial charge >= 0.3 is 5.97 Å². The highest BCUT2D eigenvalue weighted by Gasteiger charge is 2.20. The SMILES string of the molecule is O=C(O)c1ccc(C(O)C(O)CBr)c(Cl)c1. The first kappa shape index (κ1) is 13.4. The van der Waals surface area contributed by atoms with Gasteiger partial charge in [-0.2, -0.15) is 0 Å². The number of aromatic carboxylic acids is 1. The smallest absolute Gasteiger partial charge is 0.335 e. The standard InChI is InChI=1S/C10H10BrClO4/c11-4-8(13)9(14)6-2-1-5(10(15)16)3-7(6)12/h1-3,8-9,13-14H,4H2,(H,15,16). The molecule has 2 unspecified atom stereocenters. The molecule has 0 aliphatic rings. The Bertz CT molecular complexity index is 396. The average Bonchev–Trinajstić information content (AvgIpc) is 2.26. The predicted molar refractivity (Wildman–Crippen MR) is 63.2 cm³/mol. The van der Waals surface area contributed by atoms with E-state index in [0.717, 1.165) is 0 Å². The van der Waals surface area contributed by atoms with Crippen LogP contribution in [-0.2, 0) is 0 Å². The molecule has 16 heavy (non-hydrogen) atoms. The largest absolute Gasteiger partial charge is 0.478 e. The van der Waals surface area contributed by atoms with Crippen molar-refractivity contribution in [3.63, 3.8) is 0 Å². The molecule has 0 aromatic heterocycles. The number of aliphatic hydroxyl groups excluding tert-OH is 2. The van der Waals surface area contributed by atoms with Crippen molar-refractivity contribution in [3.05, 3.63) is 34.3 Å². The lowest BCUT2D eigenvalue weighted by Gasteiger charge is -2.17. The molecule has 88 valence electrons. The molecule has 0 aliphatic carbocycles. The topological polar surface area (TPSA) is 77.8 Å². The maximum Gasteiger partial charge on any atom is 0.335 e. The molecular formula is C10H10BrClO4. The van der Waals surface area contributed by atoms with E-state index in [2.05, 4.69) is 15.9 Å². The Morgan fingerprint density at radius 2 is 2.06 bits per heavy atom. The van der Waals surface area contributed by atoms with Crippen LogP contribution in [0.5, 0.6) is 0 Å². The van der Waals surface area contributed by atoms with Gasteiger partial charge in [-0.1, -0.05) is 33.6 Å². The Morgan fingerprint density at radius 3 is 2.50 bits per heavy atom. The lowest BCUT2D eigenvalue weighted by Crippen LogP contribution is -2.19. The van der Waals surface area contributed by atoms with Gasteiger partial charge in [0.25, 0.3) is 0 Å². The third-order valence-electron chi connectivity index (χ3n) is 2.09. The summed E-state index contributed by atoms with van der Waals surface area (Å²) in [6.07, 6.45) is -2.14. The molecule has 0 saturated heterocycles. The van der Waals surface area contributed by atoms with Crippen molar-refractivity contribution in [1.29, 1.82) is 0 Å². The number of benzene rings is 1. The van der Waals surface area contributed by atoms with E-state index in [0.29, 0.717) is 5.56 Å². The minimum Gasteiger partial charge on any atom is -0.478 e. The molecule has 0 fully saturated rings. The molecule has 1 aromatic carbocycles.